The number of oxime groups is 1. The molecule has 0 bridgehead atoms. The molecule has 0 saturated heterocycles. The van der Waals surface area contributed by atoms with Crippen LogP contribution in [0.15, 0.2) is 5.16 Å². The van der Waals surface area contributed by atoms with Gasteiger partial charge in [0.25, 0.3) is 5.91 Å². The first-order valence-electron chi connectivity index (χ1n) is 6.98. The molecule has 2 aliphatic carbocycles. The van der Waals surface area contributed by atoms with Crippen LogP contribution >= 0.6 is 11.3 Å². The van der Waals surface area contributed by atoms with E-state index in [-0.39, 0.29) is 11.8 Å². The molecule has 0 aromatic carbocycles. The summed E-state index contributed by atoms with van der Waals surface area (Å²) >= 11 is 1.37. The third kappa shape index (κ3) is 2.65. The van der Waals surface area contributed by atoms with Crippen LogP contribution in [0.5, 0.6) is 0 Å². The summed E-state index contributed by atoms with van der Waals surface area (Å²) in [5.74, 6) is -0.449. The van der Waals surface area contributed by atoms with Crippen molar-refractivity contribution < 1.29 is 14.4 Å². The molecule has 1 aromatic heterocycles. The maximum atomic E-state index is 12.0. The molecule has 6 nitrogen and oxygen atoms in total. The summed E-state index contributed by atoms with van der Waals surface area (Å²) in [5.41, 5.74) is 7.66. The molecule has 0 aliphatic heterocycles. The van der Waals surface area contributed by atoms with Crippen LogP contribution in [-0.2, 0) is 16.1 Å². The molecule has 0 unspecified atom stereocenters. The summed E-state index contributed by atoms with van der Waals surface area (Å²) in [5, 5.41) is 7.44. The Kier molecular flexibility index (Phi) is 3.67. The summed E-state index contributed by atoms with van der Waals surface area (Å²) < 4.78 is 0. The Morgan fingerprint density at radius 3 is 2.76 bits per heavy atom. The van der Waals surface area contributed by atoms with Gasteiger partial charge in [-0.1, -0.05) is 5.16 Å². The van der Waals surface area contributed by atoms with Gasteiger partial charge in [0.15, 0.2) is 0 Å². The number of anilines is 1. The standard InChI is InChI=1S/C14H17N3O3S/c1-20-17-9-4-2-3-8-10(12(15)18)14(21-11(8)9)16-13(19)7-5-6-7/h7H,2-6H2,1H3,(H2,15,18)(H,16,19)/b17-9-. The number of hydrogen-bond acceptors (Lipinski definition) is 5. The SMILES string of the molecule is CO/N=C1/CCCc2c1sc(NC(=O)C1CC1)c2C(N)=O. The Hall–Kier alpha value is -1.89. The smallest absolute Gasteiger partial charge is 0.252 e. The summed E-state index contributed by atoms with van der Waals surface area (Å²) in [7, 11) is 1.50. The van der Waals surface area contributed by atoms with Gasteiger partial charge in [-0.3, -0.25) is 9.59 Å². The molecule has 1 aromatic rings. The highest BCUT2D eigenvalue weighted by Gasteiger charge is 2.33. The monoisotopic (exact) mass is 307 g/mol. The molecule has 0 radical (unpaired) electrons. The fraction of sp³-hybridized carbons (Fsp3) is 0.500. The Bertz CT molecular complexity index is 632. The van der Waals surface area contributed by atoms with Gasteiger partial charge in [0.1, 0.15) is 12.1 Å². The molecule has 21 heavy (non-hydrogen) atoms. The maximum absolute atomic E-state index is 12.0. The molecule has 7 heteroatoms. The van der Waals surface area contributed by atoms with Crippen molar-refractivity contribution in [2.75, 3.05) is 12.4 Å². The maximum Gasteiger partial charge on any atom is 0.252 e. The lowest BCUT2D eigenvalue weighted by molar-refractivity contribution is -0.117. The highest BCUT2D eigenvalue weighted by atomic mass is 32.1. The molecule has 3 N–H and O–H groups in total. The normalized spacial score (nSPS) is 19.2. The minimum Gasteiger partial charge on any atom is -0.399 e. The second kappa shape index (κ2) is 5.48. The fourth-order valence-corrected chi connectivity index (χ4v) is 3.85. The van der Waals surface area contributed by atoms with Gasteiger partial charge in [0, 0.05) is 5.92 Å². The van der Waals surface area contributed by atoms with Crippen molar-refractivity contribution in [1.82, 2.24) is 0 Å². The van der Waals surface area contributed by atoms with Crippen LogP contribution in [0.25, 0.3) is 0 Å². The topological polar surface area (TPSA) is 93.8 Å². The second-order valence-electron chi connectivity index (χ2n) is 5.32. The number of nitrogens with zero attached hydrogens (tertiary/aromatic N) is 1. The lowest BCUT2D eigenvalue weighted by Gasteiger charge is -2.13. The number of rotatable bonds is 4. The Morgan fingerprint density at radius 2 is 2.14 bits per heavy atom. The average molecular weight is 307 g/mol. The number of thiophene rings is 1. The van der Waals surface area contributed by atoms with Gasteiger partial charge in [-0.05, 0) is 37.7 Å². The average Bonchev–Trinajstić information content (AvgIpc) is 3.21. The van der Waals surface area contributed by atoms with E-state index < -0.39 is 5.91 Å². The van der Waals surface area contributed by atoms with Crippen molar-refractivity contribution in [3.8, 4) is 0 Å². The van der Waals surface area contributed by atoms with E-state index in [2.05, 4.69) is 10.5 Å². The second-order valence-corrected chi connectivity index (χ2v) is 6.34. The fourth-order valence-electron chi connectivity index (χ4n) is 2.59. The molecular weight excluding hydrogens is 290 g/mol. The van der Waals surface area contributed by atoms with Gasteiger partial charge in [0.2, 0.25) is 5.91 Å². The number of amides is 2. The molecule has 2 aliphatic rings. The van der Waals surface area contributed by atoms with Crippen molar-refractivity contribution in [3.63, 3.8) is 0 Å². The van der Waals surface area contributed by atoms with Crippen molar-refractivity contribution in [2.24, 2.45) is 16.8 Å². The van der Waals surface area contributed by atoms with Crippen LogP contribution in [0.3, 0.4) is 0 Å². The van der Waals surface area contributed by atoms with Gasteiger partial charge in [-0.15, -0.1) is 11.3 Å². The first-order chi connectivity index (χ1) is 10.1. The molecule has 112 valence electrons. The Morgan fingerprint density at radius 1 is 1.38 bits per heavy atom. The number of nitrogens with one attached hydrogen (secondary N) is 1. The molecule has 1 heterocycles. The lowest BCUT2D eigenvalue weighted by Crippen LogP contribution is -2.19. The molecule has 1 saturated carbocycles. The minimum atomic E-state index is -0.503. The summed E-state index contributed by atoms with van der Waals surface area (Å²) in [4.78, 5) is 29.5. The van der Waals surface area contributed by atoms with Gasteiger partial charge in [-0.2, -0.15) is 0 Å². The van der Waals surface area contributed by atoms with E-state index in [1.54, 1.807) is 0 Å². The van der Waals surface area contributed by atoms with E-state index in [0.717, 1.165) is 48.3 Å². The van der Waals surface area contributed by atoms with Crippen molar-refractivity contribution in [3.05, 3.63) is 16.0 Å². The van der Waals surface area contributed by atoms with Gasteiger partial charge >= 0.3 is 0 Å². The van der Waals surface area contributed by atoms with Crippen molar-refractivity contribution in [1.29, 1.82) is 0 Å². The van der Waals surface area contributed by atoms with Crippen LogP contribution in [0.2, 0.25) is 0 Å². The largest absolute Gasteiger partial charge is 0.399 e. The van der Waals surface area contributed by atoms with Crippen LogP contribution in [0.4, 0.5) is 5.00 Å². The van der Waals surface area contributed by atoms with E-state index in [0.29, 0.717) is 10.6 Å². The van der Waals surface area contributed by atoms with E-state index >= 15 is 0 Å². The predicted molar refractivity (Wildman–Crippen MR) is 80.7 cm³/mol. The van der Waals surface area contributed by atoms with Gasteiger partial charge in [-0.25, -0.2) is 0 Å². The summed E-state index contributed by atoms with van der Waals surface area (Å²) in [6.07, 6.45) is 4.29. The zero-order chi connectivity index (χ0) is 15.0. The first-order valence-corrected chi connectivity index (χ1v) is 7.80. The van der Waals surface area contributed by atoms with E-state index in [1.165, 1.54) is 18.4 Å². The van der Waals surface area contributed by atoms with E-state index in [4.69, 9.17) is 10.6 Å². The molecule has 2 amide bonds. The third-order valence-corrected chi connectivity index (χ3v) is 4.94. The third-order valence-electron chi connectivity index (χ3n) is 3.74. The summed E-state index contributed by atoms with van der Waals surface area (Å²) in [6, 6.07) is 0. The van der Waals surface area contributed by atoms with Crippen molar-refractivity contribution >= 4 is 33.9 Å². The number of fused-ring (bicyclic) bond motifs is 1. The Labute approximate surface area is 126 Å². The number of primary amides is 1. The number of carbonyl (C=O) groups is 2. The van der Waals surface area contributed by atoms with Crippen LogP contribution < -0.4 is 11.1 Å². The molecule has 3 rings (SSSR count). The molecule has 1 fully saturated rings. The minimum absolute atomic E-state index is 0.0265. The first kappa shape index (κ1) is 14.1. The zero-order valence-corrected chi connectivity index (χ0v) is 12.6. The van der Waals surface area contributed by atoms with Crippen LogP contribution in [0, 0.1) is 5.92 Å². The molecular formula is C14H17N3O3S. The highest BCUT2D eigenvalue weighted by Crippen LogP contribution is 2.39. The van der Waals surface area contributed by atoms with Gasteiger partial charge in [0.05, 0.1) is 16.2 Å². The van der Waals surface area contributed by atoms with Crippen LogP contribution in [-0.4, -0.2) is 24.6 Å². The molecule has 0 atom stereocenters. The predicted octanol–water partition coefficient (Wildman–Crippen LogP) is 1.88. The lowest BCUT2D eigenvalue weighted by atomic mass is 9.94. The number of nitrogens with two attached hydrogens (primary N) is 1. The quantitative estimate of drug-likeness (QED) is 0.832. The Balaban J connectivity index is 2.01. The zero-order valence-electron chi connectivity index (χ0n) is 11.8. The van der Waals surface area contributed by atoms with E-state index in [1.807, 2.05) is 0 Å². The van der Waals surface area contributed by atoms with E-state index in [9.17, 15) is 9.59 Å². The number of hydrogen-bond donors (Lipinski definition) is 2. The van der Waals surface area contributed by atoms with Crippen molar-refractivity contribution in [2.45, 2.75) is 32.1 Å². The highest BCUT2D eigenvalue weighted by molar-refractivity contribution is 7.19. The number of carbonyl (C=O) groups excluding carboxylic acids is 2. The van der Waals surface area contributed by atoms with Crippen LogP contribution in [0.1, 0.15) is 46.5 Å². The van der Waals surface area contributed by atoms with Gasteiger partial charge < -0.3 is 15.9 Å². The molecule has 0 spiro atoms. The summed E-state index contributed by atoms with van der Waals surface area (Å²) in [6.45, 7) is 0.